The van der Waals surface area contributed by atoms with Gasteiger partial charge in [0.2, 0.25) is 5.91 Å². The molecule has 1 atom stereocenters. The molecule has 1 aliphatic heterocycles. The Morgan fingerprint density at radius 2 is 2.36 bits per heavy atom. The fourth-order valence-corrected chi connectivity index (χ4v) is 2.98. The maximum absolute atomic E-state index is 13.3. The molecule has 22 heavy (non-hydrogen) atoms. The molecule has 1 saturated heterocycles. The number of hydrogen-bond donors (Lipinski definition) is 2. The van der Waals surface area contributed by atoms with E-state index in [-0.39, 0.29) is 11.7 Å². The van der Waals surface area contributed by atoms with Gasteiger partial charge in [0, 0.05) is 17.4 Å². The van der Waals surface area contributed by atoms with Crippen molar-refractivity contribution in [3.8, 4) is 0 Å². The molecule has 1 aromatic carbocycles. The molecule has 1 unspecified atom stereocenters. The fraction of sp³-hybridized carbons (Fsp3) is 0.471. The molecule has 1 amide bonds. The number of furan rings is 1. The van der Waals surface area contributed by atoms with E-state index in [4.69, 9.17) is 4.42 Å². The van der Waals surface area contributed by atoms with E-state index in [2.05, 4.69) is 10.6 Å². The Morgan fingerprint density at radius 1 is 1.50 bits per heavy atom. The lowest BCUT2D eigenvalue weighted by Crippen LogP contribution is -2.23. The number of halogens is 1. The molecule has 2 heterocycles. The van der Waals surface area contributed by atoms with Gasteiger partial charge in [0.1, 0.15) is 17.2 Å². The van der Waals surface area contributed by atoms with Crippen LogP contribution < -0.4 is 10.6 Å². The van der Waals surface area contributed by atoms with Crippen LogP contribution in [0.15, 0.2) is 22.6 Å². The number of nitrogens with one attached hydrogen (secondary N) is 2. The molecule has 5 heteroatoms. The van der Waals surface area contributed by atoms with Crippen LogP contribution in [-0.4, -0.2) is 19.0 Å². The molecule has 0 saturated carbocycles. The largest absolute Gasteiger partial charge is 0.459 e. The minimum absolute atomic E-state index is 0.0398. The maximum Gasteiger partial charge on any atom is 0.220 e. The second kappa shape index (κ2) is 6.48. The Kier molecular flexibility index (Phi) is 4.43. The molecule has 118 valence electrons. The smallest absolute Gasteiger partial charge is 0.220 e. The lowest BCUT2D eigenvalue weighted by molar-refractivity contribution is -0.121. The molecular weight excluding hydrogens is 283 g/mol. The van der Waals surface area contributed by atoms with Crippen LogP contribution in [0.5, 0.6) is 0 Å². The zero-order valence-electron chi connectivity index (χ0n) is 12.7. The lowest BCUT2D eigenvalue weighted by atomic mass is 10.0. The van der Waals surface area contributed by atoms with E-state index in [1.54, 1.807) is 6.07 Å². The van der Waals surface area contributed by atoms with Crippen LogP contribution in [0, 0.1) is 18.7 Å². The van der Waals surface area contributed by atoms with Crippen molar-refractivity contribution in [3.63, 3.8) is 0 Å². The highest BCUT2D eigenvalue weighted by Crippen LogP contribution is 2.25. The van der Waals surface area contributed by atoms with E-state index in [0.29, 0.717) is 30.2 Å². The quantitative estimate of drug-likeness (QED) is 0.893. The minimum Gasteiger partial charge on any atom is -0.459 e. The standard InChI is InChI=1S/C17H21FN2O2/c1-11-14-8-13(18)3-4-15(14)22-16(11)10-20-17(21)5-2-12-6-7-19-9-12/h3-4,8,12,19H,2,5-7,9-10H2,1H3,(H,20,21). The Bertz CT molecular complexity index is 675. The molecule has 0 bridgehead atoms. The summed E-state index contributed by atoms with van der Waals surface area (Å²) in [6.45, 7) is 4.31. The van der Waals surface area contributed by atoms with Gasteiger partial charge in [-0.2, -0.15) is 0 Å². The van der Waals surface area contributed by atoms with Crippen LogP contribution in [0.4, 0.5) is 4.39 Å². The van der Waals surface area contributed by atoms with Crippen molar-refractivity contribution in [3.05, 3.63) is 35.3 Å². The SMILES string of the molecule is Cc1c(CNC(=O)CCC2CCNC2)oc2ccc(F)cc12. The highest BCUT2D eigenvalue weighted by molar-refractivity contribution is 5.82. The third-order valence-electron chi connectivity index (χ3n) is 4.39. The second-order valence-electron chi connectivity index (χ2n) is 5.96. The van der Waals surface area contributed by atoms with Gasteiger partial charge in [0.25, 0.3) is 0 Å². The fourth-order valence-electron chi connectivity index (χ4n) is 2.98. The number of amides is 1. The summed E-state index contributed by atoms with van der Waals surface area (Å²) in [5, 5.41) is 6.96. The molecule has 1 fully saturated rings. The van der Waals surface area contributed by atoms with Crippen LogP contribution in [-0.2, 0) is 11.3 Å². The zero-order chi connectivity index (χ0) is 15.5. The Hall–Kier alpha value is -1.88. The molecule has 0 aliphatic carbocycles. The third-order valence-corrected chi connectivity index (χ3v) is 4.39. The first-order valence-electron chi connectivity index (χ1n) is 7.78. The van der Waals surface area contributed by atoms with E-state index in [0.717, 1.165) is 36.9 Å². The van der Waals surface area contributed by atoms with E-state index in [1.807, 2.05) is 6.92 Å². The first kappa shape index (κ1) is 15.0. The van der Waals surface area contributed by atoms with Crippen molar-refractivity contribution < 1.29 is 13.6 Å². The zero-order valence-corrected chi connectivity index (χ0v) is 12.7. The van der Waals surface area contributed by atoms with Gasteiger partial charge in [-0.05, 0) is 57.0 Å². The minimum atomic E-state index is -0.280. The van der Waals surface area contributed by atoms with E-state index >= 15 is 0 Å². The summed E-state index contributed by atoms with van der Waals surface area (Å²) in [7, 11) is 0. The van der Waals surface area contributed by atoms with E-state index in [1.165, 1.54) is 12.1 Å². The van der Waals surface area contributed by atoms with Gasteiger partial charge in [0.15, 0.2) is 0 Å². The summed E-state index contributed by atoms with van der Waals surface area (Å²) in [6.07, 6.45) is 2.62. The topological polar surface area (TPSA) is 54.3 Å². The Morgan fingerprint density at radius 3 is 3.14 bits per heavy atom. The van der Waals surface area contributed by atoms with E-state index < -0.39 is 0 Å². The van der Waals surface area contributed by atoms with Crippen LogP contribution in [0.1, 0.15) is 30.6 Å². The normalized spacial score (nSPS) is 18.0. The first-order chi connectivity index (χ1) is 10.6. The summed E-state index contributed by atoms with van der Waals surface area (Å²) >= 11 is 0. The monoisotopic (exact) mass is 304 g/mol. The molecule has 2 N–H and O–H groups in total. The molecule has 4 nitrogen and oxygen atoms in total. The van der Waals surface area contributed by atoms with Gasteiger partial charge in [-0.25, -0.2) is 4.39 Å². The molecule has 1 aromatic heterocycles. The predicted molar refractivity (Wildman–Crippen MR) is 83.0 cm³/mol. The average Bonchev–Trinajstić information content (AvgIpc) is 3.12. The lowest BCUT2D eigenvalue weighted by Gasteiger charge is -2.08. The number of carbonyl (C=O) groups excluding carboxylic acids is 1. The van der Waals surface area contributed by atoms with Gasteiger partial charge in [0.05, 0.1) is 6.54 Å². The molecule has 0 spiro atoms. The van der Waals surface area contributed by atoms with Crippen LogP contribution in [0.25, 0.3) is 11.0 Å². The van der Waals surface area contributed by atoms with Gasteiger partial charge in [-0.3, -0.25) is 4.79 Å². The van der Waals surface area contributed by atoms with E-state index in [9.17, 15) is 9.18 Å². The van der Waals surface area contributed by atoms with Crippen molar-refractivity contribution in [1.29, 1.82) is 0 Å². The number of fused-ring (bicyclic) bond motifs is 1. The molecule has 1 aliphatic rings. The summed E-state index contributed by atoms with van der Waals surface area (Å²) < 4.78 is 19.0. The Labute approximate surface area is 129 Å². The Balaban J connectivity index is 1.56. The number of aryl methyl sites for hydroxylation is 1. The molecule has 0 radical (unpaired) electrons. The van der Waals surface area contributed by atoms with Gasteiger partial charge in [-0.1, -0.05) is 0 Å². The van der Waals surface area contributed by atoms with Gasteiger partial charge >= 0.3 is 0 Å². The van der Waals surface area contributed by atoms with Crippen molar-refractivity contribution in [2.75, 3.05) is 13.1 Å². The molecular formula is C17H21FN2O2. The highest BCUT2D eigenvalue weighted by atomic mass is 19.1. The third kappa shape index (κ3) is 3.30. The van der Waals surface area contributed by atoms with Crippen LogP contribution >= 0.6 is 0 Å². The number of benzene rings is 1. The summed E-state index contributed by atoms with van der Waals surface area (Å²) in [4.78, 5) is 11.9. The molecule has 2 aromatic rings. The number of hydrogen-bond acceptors (Lipinski definition) is 3. The van der Waals surface area contributed by atoms with Gasteiger partial charge < -0.3 is 15.1 Å². The maximum atomic E-state index is 13.3. The number of rotatable bonds is 5. The average molecular weight is 304 g/mol. The van der Waals surface area contributed by atoms with Gasteiger partial charge in [-0.15, -0.1) is 0 Å². The highest BCUT2D eigenvalue weighted by Gasteiger charge is 2.16. The summed E-state index contributed by atoms with van der Waals surface area (Å²) in [6, 6.07) is 4.46. The van der Waals surface area contributed by atoms with Crippen LogP contribution in [0.2, 0.25) is 0 Å². The predicted octanol–water partition coefficient (Wildman–Crippen LogP) is 2.89. The summed E-state index contributed by atoms with van der Waals surface area (Å²) in [5.74, 6) is 1.06. The molecule has 3 rings (SSSR count). The first-order valence-corrected chi connectivity index (χ1v) is 7.78. The van der Waals surface area contributed by atoms with Crippen molar-refractivity contribution in [2.45, 2.75) is 32.7 Å². The number of carbonyl (C=O) groups is 1. The second-order valence-corrected chi connectivity index (χ2v) is 5.96. The van der Waals surface area contributed by atoms with Crippen LogP contribution in [0.3, 0.4) is 0 Å². The summed E-state index contributed by atoms with van der Waals surface area (Å²) in [5.41, 5.74) is 1.54. The van der Waals surface area contributed by atoms with Crippen molar-refractivity contribution in [2.24, 2.45) is 5.92 Å². The van der Waals surface area contributed by atoms with Crippen molar-refractivity contribution >= 4 is 16.9 Å². The van der Waals surface area contributed by atoms with Crippen molar-refractivity contribution in [1.82, 2.24) is 10.6 Å².